The van der Waals surface area contributed by atoms with E-state index in [4.69, 9.17) is 0 Å². The van der Waals surface area contributed by atoms with Gasteiger partial charge in [-0.2, -0.15) is 0 Å². The molecule has 0 radical (unpaired) electrons. The minimum atomic E-state index is 0.660. The molecule has 0 spiro atoms. The van der Waals surface area contributed by atoms with Crippen LogP contribution in [-0.4, -0.2) is 50.2 Å². The number of hydrogen-bond donors (Lipinski definition) is 1. The van der Waals surface area contributed by atoms with Gasteiger partial charge in [-0.25, -0.2) is 0 Å². The lowest BCUT2D eigenvalue weighted by molar-refractivity contribution is 0.144. The summed E-state index contributed by atoms with van der Waals surface area (Å²) in [5.74, 6) is 0.706. The molecule has 1 atom stereocenters. The van der Waals surface area contributed by atoms with Crippen LogP contribution >= 0.6 is 0 Å². The summed E-state index contributed by atoms with van der Waals surface area (Å²) < 4.78 is 0. The highest BCUT2D eigenvalue weighted by molar-refractivity contribution is 5.46. The fourth-order valence-corrected chi connectivity index (χ4v) is 3.03. The smallest absolute Gasteiger partial charge is 0.0367 e. The minimum Gasteiger partial charge on any atom is -0.369 e. The molecule has 20 heavy (non-hydrogen) atoms. The molecule has 0 aromatic heterocycles. The second-order valence-corrected chi connectivity index (χ2v) is 5.98. The van der Waals surface area contributed by atoms with Gasteiger partial charge in [-0.15, -0.1) is 0 Å². The molecule has 1 aliphatic heterocycles. The summed E-state index contributed by atoms with van der Waals surface area (Å²) in [4.78, 5) is 5.16. The van der Waals surface area contributed by atoms with Crippen molar-refractivity contribution in [1.82, 2.24) is 10.2 Å². The number of rotatable bonds is 6. The van der Waals surface area contributed by atoms with E-state index in [1.54, 1.807) is 0 Å². The molecule has 112 valence electrons. The number of anilines is 1. The highest BCUT2D eigenvalue weighted by Gasteiger charge is 2.25. The predicted molar refractivity (Wildman–Crippen MR) is 87.4 cm³/mol. The van der Waals surface area contributed by atoms with Crippen LogP contribution in [0.4, 0.5) is 5.69 Å². The summed E-state index contributed by atoms with van der Waals surface area (Å²) in [7, 11) is 0. The molecule has 0 aliphatic carbocycles. The normalized spacial score (nSPS) is 18.5. The fourth-order valence-electron chi connectivity index (χ4n) is 3.03. The zero-order valence-electron chi connectivity index (χ0n) is 13.2. The topological polar surface area (TPSA) is 18.5 Å². The van der Waals surface area contributed by atoms with Crippen LogP contribution in [0.5, 0.6) is 0 Å². The molecule has 3 nitrogen and oxygen atoms in total. The lowest BCUT2D eigenvalue weighted by Gasteiger charge is -2.41. The van der Waals surface area contributed by atoms with Gasteiger partial charge in [0.15, 0.2) is 0 Å². The molecular formula is C17H29N3. The van der Waals surface area contributed by atoms with E-state index in [1.165, 1.54) is 18.8 Å². The number of nitrogens with zero attached hydrogens (tertiary/aromatic N) is 2. The van der Waals surface area contributed by atoms with Crippen molar-refractivity contribution >= 4 is 5.69 Å². The summed E-state index contributed by atoms with van der Waals surface area (Å²) in [5, 5.41) is 3.51. The van der Waals surface area contributed by atoms with E-state index in [9.17, 15) is 0 Å². The van der Waals surface area contributed by atoms with Gasteiger partial charge in [0.2, 0.25) is 0 Å². The lowest BCUT2D eigenvalue weighted by atomic mass is 10.0. The average molecular weight is 275 g/mol. The minimum absolute atomic E-state index is 0.660. The number of piperazine rings is 1. The molecule has 1 heterocycles. The van der Waals surface area contributed by atoms with Crippen LogP contribution in [0.3, 0.4) is 0 Å². The summed E-state index contributed by atoms with van der Waals surface area (Å²) in [5.41, 5.74) is 1.36. The molecule has 3 heteroatoms. The Kier molecular flexibility index (Phi) is 5.86. The summed E-state index contributed by atoms with van der Waals surface area (Å²) >= 11 is 0. The Hall–Kier alpha value is -1.06. The highest BCUT2D eigenvalue weighted by atomic mass is 15.3. The molecule has 0 bridgehead atoms. The van der Waals surface area contributed by atoms with Gasteiger partial charge in [0.05, 0.1) is 0 Å². The Morgan fingerprint density at radius 2 is 1.70 bits per heavy atom. The Balaban J connectivity index is 1.89. The van der Waals surface area contributed by atoms with Crippen LogP contribution in [0.1, 0.15) is 20.8 Å². The zero-order chi connectivity index (χ0) is 14.4. The first kappa shape index (κ1) is 15.3. The Bertz CT molecular complexity index is 369. The van der Waals surface area contributed by atoms with Crippen molar-refractivity contribution in [2.75, 3.05) is 44.2 Å². The third-order valence-electron chi connectivity index (χ3n) is 4.28. The van der Waals surface area contributed by atoms with Crippen LogP contribution in [-0.2, 0) is 0 Å². The van der Waals surface area contributed by atoms with Gasteiger partial charge >= 0.3 is 0 Å². The maximum Gasteiger partial charge on any atom is 0.0367 e. The molecule has 1 N–H and O–H groups in total. The maximum absolute atomic E-state index is 3.51. The van der Waals surface area contributed by atoms with Gasteiger partial charge in [0, 0.05) is 44.5 Å². The van der Waals surface area contributed by atoms with Gasteiger partial charge in [-0.3, -0.25) is 4.90 Å². The van der Waals surface area contributed by atoms with E-state index in [2.05, 4.69) is 66.2 Å². The van der Waals surface area contributed by atoms with Crippen LogP contribution in [0.25, 0.3) is 0 Å². The first-order valence-corrected chi connectivity index (χ1v) is 7.97. The Morgan fingerprint density at radius 3 is 2.25 bits per heavy atom. The Labute approximate surface area is 124 Å². The Morgan fingerprint density at radius 1 is 1.05 bits per heavy atom. The third kappa shape index (κ3) is 3.97. The molecule has 0 saturated carbocycles. The SMILES string of the molecule is CCNCC(C(C)C)N1CCN(c2ccccc2)CC1. The van der Waals surface area contributed by atoms with E-state index in [0.717, 1.165) is 26.2 Å². The molecule has 1 unspecified atom stereocenters. The number of benzene rings is 1. The highest BCUT2D eigenvalue weighted by Crippen LogP contribution is 2.18. The van der Waals surface area contributed by atoms with Crippen molar-refractivity contribution in [2.24, 2.45) is 5.92 Å². The molecule has 2 rings (SSSR count). The van der Waals surface area contributed by atoms with Crippen molar-refractivity contribution in [2.45, 2.75) is 26.8 Å². The van der Waals surface area contributed by atoms with E-state index >= 15 is 0 Å². The second-order valence-electron chi connectivity index (χ2n) is 5.98. The molecular weight excluding hydrogens is 246 g/mol. The van der Waals surface area contributed by atoms with Crippen molar-refractivity contribution < 1.29 is 0 Å². The lowest BCUT2D eigenvalue weighted by Crippen LogP contribution is -2.54. The van der Waals surface area contributed by atoms with Crippen molar-refractivity contribution in [1.29, 1.82) is 0 Å². The first-order valence-electron chi connectivity index (χ1n) is 7.97. The standard InChI is InChI=1S/C17H29N3/c1-4-18-14-17(15(2)3)20-12-10-19(11-13-20)16-8-6-5-7-9-16/h5-9,15,17-18H,4,10-14H2,1-3H3. The van der Waals surface area contributed by atoms with E-state index in [1.807, 2.05) is 0 Å². The molecule has 1 aromatic rings. The number of para-hydroxylation sites is 1. The molecule has 0 amide bonds. The second kappa shape index (κ2) is 7.65. The zero-order valence-corrected chi connectivity index (χ0v) is 13.2. The number of likely N-dealkylation sites (N-methyl/N-ethyl adjacent to an activating group) is 1. The van der Waals surface area contributed by atoms with E-state index in [-0.39, 0.29) is 0 Å². The largest absolute Gasteiger partial charge is 0.369 e. The van der Waals surface area contributed by atoms with Crippen molar-refractivity contribution in [3.05, 3.63) is 30.3 Å². The van der Waals surface area contributed by atoms with Gasteiger partial charge < -0.3 is 10.2 Å². The summed E-state index contributed by atoms with van der Waals surface area (Å²) in [6.07, 6.45) is 0. The van der Waals surface area contributed by atoms with Crippen LogP contribution < -0.4 is 10.2 Å². The quantitative estimate of drug-likeness (QED) is 0.860. The van der Waals surface area contributed by atoms with Gasteiger partial charge in [0.1, 0.15) is 0 Å². The molecule has 1 aromatic carbocycles. The monoisotopic (exact) mass is 275 g/mol. The maximum atomic E-state index is 3.51. The average Bonchev–Trinajstić information content (AvgIpc) is 2.49. The first-order chi connectivity index (χ1) is 9.72. The summed E-state index contributed by atoms with van der Waals surface area (Å²) in [6, 6.07) is 11.4. The van der Waals surface area contributed by atoms with Crippen LogP contribution in [0.2, 0.25) is 0 Å². The van der Waals surface area contributed by atoms with E-state index in [0.29, 0.717) is 12.0 Å². The van der Waals surface area contributed by atoms with Crippen LogP contribution in [0, 0.1) is 5.92 Å². The predicted octanol–water partition coefficient (Wildman–Crippen LogP) is 2.44. The third-order valence-corrected chi connectivity index (χ3v) is 4.28. The van der Waals surface area contributed by atoms with Crippen molar-refractivity contribution in [3.63, 3.8) is 0 Å². The fraction of sp³-hybridized carbons (Fsp3) is 0.647. The summed E-state index contributed by atoms with van der Waals surface area (Å²) in [6.45, 7) is 13.7. The van der Waals surface area contributed by atoms with Crippen LogP contribution in [0.15, 0.2) is 30.3 Å². The molecule has 1 saturated heterocycles. The molecule has 1 fully saturated rings. The molecule has 1 aliphatic rings. The van der Waals surface area contributed by atoms with Crippen molar-refractivity contribution in [3.8, 4) is 0 Å². The van der Waals surface area contributed by atoms with Gasteiger partial charge in [-0.05, 0) is 24.6 Å². The van der Waals surface area contributed by atoms with Gasteiger partial charge in [-0.1, -0.05) is 39.0 Å². The number of nitrogens with one attached hydrogen (secondary N) is 1. The van der Waals surface area contributed by atoms with E-state index < -0.39 is 0 Å². The van der Waals surface area contributed by atoms with Gasteiger partial charge in [0.25, 0.3) is 0 Å². The number of hydrogen-bond acceptors (Lipinski definition) is 3.